The smallest absolute Gasteiger partial charge is 0.318 e. The third-order valence-electron chi connectivity index (χ3n) is 3.26. The van der Waals surface area contributed by atoms with E-state index in [1.807, 2.05) is 0 Å². The van der Waals surface area contributed by atoms with Crippen molar-refractivity contribution in [1.82, 2.24) is 15.1 Å². The van der Waals surface area contributed by atoms with Crippen LogP contribution in [0.3, 0.4) is 0 Å². The van der Waals surface area contributed by atoms with Crippen LogP contribution in [-0.4, -0.2) is 67.2 Å². The average molecular weight is 241 g/mol. The monoisotopic (exact) mass is 241 g/mol. The van der Waals surface area contributed by atoms with Crippen LogP contribution in [0.15, 0.2) is 0 Å². The highest BCUT2D eigenvalue weighted by molar-refractivity contribution is 5.87. The Bertz CT molecular complexity index is 302. The second-order valence-corrected chi connectivity index (χ2v) is 4.39. The molecule has 0 aliphatic carbocycles. The quantitative estimate of drug-likeness (QED) is 0.718. The van der Waals surface area contributed by atoms with E-state index in [1.54, 1.807) is 16.7 Å². The van der Waals surface area contributed by atoms with E-state index in [4.69, 9.17) is 4.74 Å². The fourth-order valence-electron chi connectivity index (χ4n) is 2.20. The van der Waals surface area contributed by atoms with Gasteiger partial charge in [0.25, 0.3) is 0 Å². The highest BCUT2D eigenvalue weighted by Gasteiger charge is 2.31. The molecule has 1 atom stereocenters. The zero-order valence-corrected chi connectivity index (χ0v) is 10.1. The molecule has 1 N–H and O–H groups in total. The van der Waals surface area contributed by atoms with Crippen molar-refractivity contribution in [3.63, 3.8) is 0 Å². The highest BCUT2D eigenvalue weighted by atomic mass is 16.5. The van der Waals surface area contributed by atoms with Crippen LogP contribution >= 0.6 is 0 Å². The van der Waals surface area contributed by atoms with Gasteiger partial charge in [-0.1, -0.05) is 0 Å². The van der Waals surface area contributed by atoms with E-state index in [9.17, 15) is 9.59 Å². The molecule has 0 aromatic heterocycles. The molecule has 0 saturated carbocycles. The first-order chi connectivity index (χ1) is 8.20. The standard InChI is InChI=1S/C11H19N3O3/c1-9(14-4-2-3-12-11(14)16)10(15)13-5-7-17-8-6-13/h9H,2-8H2,1H3,(H,12,16). The Balaban J connectivity index is 1.95. The summed E-state index contributed by atoms with van der Waals surface area (Å²) in [4.78, 5) is 27.2. The minimum absolute atomic E-state index is 0.0188. The molecular weight excluding hydrogens is 222 g/mol. The number of hydrogen-bond acceptors (Lipinski definition) is 3. The third-order valence-corrected chi connectivity index (χ3v) is 3.26. The number of carbonyl (C=O) groups is 2. The number of nitrogens with zero attached hydrogens (tertiary/aromatic N) is 2. The average Bonchev–Trinajstić information content (AvgIpc) is 2.39. The SMILES string of the molecule is CC(C(=O)N1CCOCC1)N1CCCNC1=O. The number of ether oxygens (including phenoxy) is 1. The normalized spacial score (nSPS) is 23.2. The molecule has 0 aromatic rings. The van der Waals surface area contributed by atoms with Crippen molar-refractivity contribution >= 4 is 11.9 Å². The number of rotatable bonds is 2. The largest absolute Gasteiger partial charge is 0.378 e. The Labute approximate surface area is 101 Å². The number of morpholine rings is 1. The summed E-state index contributed by atoms with van der Waals surface area (Å²) in [7, 11) is 0. The summed E-state index contributed by atoms with van der Waals surface area (Å²) in [6.07, 6.45) is 0.895. The molecule has 6 heteroatoms. The minimum atomic E-state index is -0.381. The van der Waals surface area contributed by atoms with Gasteiger partial charge in [-0.3, -0.25) is 4.79 Å². The van der Waals surface area contributed by atoms with Crippen molar-refractivity contribution < 1.29 is 14.3 Å². The molecule has 17 heavy (non-hydrogen) atoms. The van der Waals surface area contributed by atoms with Gasteiger partial charge in [0.05, 0.1) is 13.2 Å². The highest BCUT2D eigenvalue weighted by Crippen LogP contribution is 2.09. The van der Waals surface area contributed by atoms with E-state index in [0.717, 1.165) is 6.42 Å². The van der Waals surface area contributed by atoms with Crippen LogP contribution in [0.2, 0.25) is 0 Å². The molecule has 0 bridgehead atoms. The first kappa shape index (κ1) is 12.2. The summed E-state index contributed by atoms with van der Waals surface area (Å²) >= 11 is 0. The van der Waals surface area contributed by atoms with Crippen LogP contribution < -0.4 is 5.32 Å². The lowest BCUT2D eigenvalue weighted by Gasteiger charge is -2.36. The first-order valence-electron chi connectivity index (χ1n) is 6.11. The summed E-state index contributed by atoms with van der Waals surface area (Å²) in [5.74, 6) is 0.0188. The lowest BCUT2D eigenvalue weighted by molar-refractivity contribution is -0.139. The van der Waals surface area contributed by atoms with Gasteiger partial charge in [-0.2, -0.15) is 0 Å². The van der Waals surface area contributed by atoms with Gasteiger partial charge in [-0.05, 0) is 13.3 Å². The van der Waals surface area contributed by atoms with Gasteiger partial charge in [-0.15, -0.1) is 0 Å². The fraction of sp³-hybridized carbons (Fsp3) is 0.818. The summed E-state index contributed by atoms with van der Waals surface area (Å²) in [5.41, 5.74) is 0. The molecule has 1 unspecified atom stereocenters. The fourth-order valence-corrected chi connectivity index (χ4v) is 2.20. The predicted molar refractivity (Wildman–Crippen MR) is 61.6 cm³/mol. The van der Waals surface area contributed by atoms with E-state index in [2.05, 4.69) is 5.32 Å². The van der Waals surface area contributed by atoms with Crippen LogP contribution in [0.1, 0.15) is 13.3 Å². The van der Waals surface area contributed by atoms with Crippen LogP contribution in [0.5, 0.6) is 0 Å². The van der Waals surface area contributed by atoms with Crippen LogP contribution in [-0.2, 0) is 9.53 Å². The number of urea groups is 1. The Morgan fingerprint density at radius 3 is 2.71 bits per heavy atom. The van der Waals surface area contributed by atoms with Crippen molar-refractivity contribution in [3.05, 3.63) is 0 Å². The van der Waals surface area contributed by atoms with Gasteiger partial charge in [0, 0.05) is 26.2 Å². The molecule has 6 nitrogen and oxygen atoms in total. The molecule has 2 fully saturated rings. The zero-order valence-electron chi connectivity index (χ0n) is 10.1. The molecule has 2 heterocycles. The van der Waals surface area contributed by atoms with Crippen molar-refractivity contribution in [2.75, 3.05) is 39.4 Å². The van der Waals surface area contributed by atoms with Crippen molar-refractivity contribution in [3.8, 4) is 0 Å². The van der Waals surface area contributed by atoms with Crippen LogP contribution in [0, 0.1) is 0 Å². The summed E-state index contributed by atoms with van der Waals surface area (Å²) in [5, 5.41) is 2.76. The van der Waals surface area contributed by atoms with E-state index >= 15 is 0 Å². The molecule has 2 aliphatic heterocycles. The minimum Gasteiger partial charge on any atom is -0.378 e. The maximum atomic E-state index is 12.2. The van der Waals surface area contributed by atoms with Crippen LogP contribution in [0.25, 0.3) is 0 Å². The molecule has 2 aliphatic rings. The van der Waals surface area contributed by atoms with E-state index < -0.39 is 0 Å². The van der Waals surface area contributed by atoms with Gasteiger partial charge in [0.1, 0.15) is 6.04 Å². The van der Waals surface area contributed by atoms with E-state index in [-0.39, 0.29) is 18.0 Å². The maximum absolute atomic E-state index is 12.2. The molecular formula is C11H19N3O3. The van der Waals surface area contributed by atoms with Gasteiger partial charge < -0.3 is 19.9 Å². The Kier molecular flexibility index (Phi) is 3.83. The van der Waals surface area contributed by atoms with Crippen molar-refractivity contribution in [2.24, 2.45) is 0 Å². The molecule has 0 aromatic carbocycles. The summed E-state index contributed by atoms with van der Waals surface area (Å²) < 4.78 is 5.21. The van der Waals surface area contributed by atoms with E-state index in [0.29, 0.717) is 39.4 Å². The Hall–Kier alpha value is -1.30. The summed E-state index contributed by atoms with van der Waals surface area (Å²) in [6, 6.07) is -0.515. The number of nitrogens with one attached hydrogen (secondary N) is 1. The maximum Gasteiger partial charge on any atom is 0.318 e. The molecule has 2 rings (SSSR count). The zero-order chi connectivity index (χ0) is 12.3. The van der Waals surface area contributed by atoms with E-state index in [1.165, 1.54) is 0 Å². The molecule has 0 radical (unpaired) electrons. The van der Waals surface area contributed by atoms with Gasteiger partial charge >= 0.3 is 6.03 Å². The predicted octanol–water partition coefficient (Wildman–Crippen LogP) is -0.351. The molecule has 3 amide bonds. The Morgan fingerprint density at radius 2 is 2.06 bits per heavy atom. The van der Waals surface area contributed by atoms with Crippen LogP contribution in [0.4, 0.5) is 4.79 Å². The lowest BCUT2D eigenvalue weighted by Crippen LogP contribution is -2.56. The number of hydrogen-bond donors (Lipinski definition) is 1. The topological polar surface area (TPSA) is 61.9 Å². The lowest BCUT2D eigenvalue weighted by atomic mass is 10.2. The first-order valence-corrected chi connectivity index (χ1v) is 6.11. The van der Waals surface area contributed by atoms with Crippen molar-refractivity contribution in [2.45, 2.75) is 19.4 Å². The third kappa shape index (κ3) is 2.69. The van der Waals surface area contributed by atoms with Crippen molar-refractivity contribution in [1.29, 1.82) is 0 Å². The molecule has 0 spiro atoms. The second-order valence-electron chi connectivity index (χ2n) is 4.39. The molecule has 2 saturated heterocycles. The molecule has 96 valence electrons. The summed E-state index contributed by atoms with van der Waals surface area (Å²) in [6.45, 7) is 5.58. The second kappa shape index (κ2) is 5.35. The van der Waals surface area contributed by atoms with Gasteiger partial charge in [0.15, 0.2) is 0 Å². The number of amides is 3. The Morgan fingerprint density at radius 1 is 1.35 bits per heavy atom. The van der Waals surface area contributed by atoms with Gasteiger partial charge in [0.2, 0.25) is 5.91 Å². The van der Waals surface area contributed by atoms with Gasteiger partial charge in [-0.25, -0.2) is 4.79 Å². The number of carbonyl (C=O) groups excluding carboxylic acids is 2.